The summed E-state index contributed by atoms with van der Waals surface area (Å²) in [4.78, 5) is 6.78. The summed E-state index contributed by atoms with van der Waals surface area (Å²) >= 11 is 5.57. The summed E-state index contributed by atoms with van der Waals surface area (Å²) in [6.07, 6.45) is -3.23. The van der Waals surface area contributed by atoms with Crippen LogP contribution in [-0.2, 0) is 6.18 Å². The maximum Gasteiger partial charge on any atom is 0.417 e. The highest BCUT2D eigenvalue weighted by Crippen LogP contribution is 2.37. The van der Waals surface area contributed by atoms with Gasteiger partial charge in [0.05, 0.1) is 21.8 Å². The topological polar surface area (TPSA) is 48.4 Å². The second-order valence-electron chi connectivity index (χ2n) is 4.85. The zero-order valence-corrected chi connectivity index (χ0v) is 12.3. The summed E-state index contributed by atoms with van der Waals surface area (Å²) in [5.41, 5.74) is 0.256. The molecule has 0 fully saturated rings. The lowest BCUT2D eigenvalue weighted by Crippen LogP contribution is -2.05. The van der Waals surface area contributed by atoms with E-state index in [-0.39, 0.29) is 16.6 Å². The molecule has 7 heteroatoms. The van der Waals surface area contributed by atoms with E-state index in [1.54, 1.807) is 24.3 Å². The Bertz CT molecular complexity index is 900. The fourth-order valence-electron chi connectivity index (χ4n) is 2.23. The minimum absolute atomic E-state index is 0.0893. The van der Waals surface area contributed by atoms with Gasteiger partial charge < -0.3 is 10.1 Å². The van der Waals surface area contributed by atoms with Gasteiger partial charge in [-0.1, -0.05) is 29.8 Å². The van der Waals surface area contributed by atoms with Crippen molar-refractivity contribution < 1.29 is 18.3 Å². The van der Waals surface area contributed by atoms with Crippen LogP contribution in [-0.4, -0.2) is 16.3 Å². The number of rotatable bonds is 2. The van der Waals surface area contributed by atoms with Gasteiger partial charge in [-0.15, -0.1) is 0 Å². The van der Waals surface area contributed by atoms with Crippen LogP contribution in [0.3, 0.4) is 0 Å². The van der Waals surface area contributed by atoms with E-state index < -0.39 is 11.7 Å². The summed E-state index contributed by atoms with van der Waals surface area (Å²) in [5, 5.41) is 10.2. The van der Waals surface area contributed by atoms with E-state index in [1.165, 1.54) is 12.3 Å². The Morgan fingerprint density at radius 3 is 2.61 bits per heavy atom. The van der Waals surface area contributed by atoms with Gasteiger partial charge in [0.1, 0.15) is 0 Å². The van der Waals surface area contributed by atoms with Gasteiger partial charge in [-0.05, 0) is 24.3 Å². The van der Waals surface area contributed by atoms with E-state index in [2.05, 4.69) is 9.98 Å². The van der Waals surface area contributed by atoms with Gasteiger partial charge in [0, 0.05) is 17.1 Å². The molecule has 1 aromatic heterocycles. The monoisotopic (exact) mass is 338 g/mol. The largest absolute Gasteiger partial charge is 0.494 e. The third-order valence-electron chi connectivity index (χ3n) is 3.32. The van der Waals surface area contributed by atoms with E-state index in [9.17, 15) is 18.3 Å². The zero-order valence-electron chi connectivity index (χ0n) is 11.5. The zero-order chi connectivity index (χ0) is 16.6. The Kier molecular flexibility index (Phi) is 3.77. The predicted molar refractivity (Wildman–Crippen MR) is 83.7 cm³/mol. The van der Waals surface area contributed by atoms with Crippen molar-refractivity contribution in [2.24, 2.45) is 4.99 Å². The summed E-state index contributed by atoms with van der Waals surface area (Å²) < 4.78 is 38.5. The van der Waals surface area contributed by atoms with Crippen molar-refractivity contribution in [3.05, 3.63) is 58.6 Å². The highest BCUT2D eigenvalue weighted by atomic mass is 35.5. The fourth-order valence-corrected chi connectivity index (χ4v) is 2.45. The van der Waals surface area contributed by atoms with Crippen molar-refractivity contribution in [3.63, 3.8) is 0 Å². The normalized spacial score (nSPS) is 12.3. The van der Waals surface area contributed by atoms with E-state index in [4.69, 9.17) is 11.6 Å². The number of nitrogens with zero attached hydrogens (tertiary/aromatic N) is 1. The highest BCUT2D eigenvalue weighted by Gasteiger charge is 2.33. The van der Waals surface area contributed by atoms with Crippen molar-refractivity contribution in [2.75, 3.05) is 0 Å². The first-order chi connectivity index (χ1) is 10.9. The van der Waals surface area contributed by atoms with Crippen LogP contribution < -0.4 is 0 Å². The van der Waals surface area contributed by atoms with Crippen molar-refractivity contribution in [1.82, 2.24) is 4.98 Å². The minimum Gasteiger partial charge on any atom is -0.494 e. The molecule has 1 heterocycles. The number of fused-ring (bicyclic) bond motifs is 1. The molecular formula is C16H10ClF3N2O. The Hall–Kier alpha value is -2.47. The molecule has 0 radical (unpaired) electrons. The molecule has 23 heavy (non-hydrogen) atoms. The maximum absolute atomic E-state index is 12.8. The van der Waals surface area contributed by atoms with E-state index >= 15 is 0 Å². The summed E-state index contributed by atoms with van der Waals surface area (Å²) in [5.74, 6) is -0.0973. The third-order valence-corrected chi connectivity index (χ3v) is 3.65. The number of aliphatic imine (C=N–C) groups is 1. The standard InChI is InChI=1S/C16H10ClF3N2O/c17-13-6-5-9(7-12(13)16(18,19)20)21-8-11-10-3-1-2-4-14(10)22-15(11)23/h1-8,22-23H. The molecule has 3 aromatic rings. The molecule has 0 atom stereocenters. The van der Waals surface area contributed by atoms with Gasteiger partial charge in [-0.2, -0.15) is 13.2 Å². The lowest BCUT2D eigenvalue weighted by molar-refractivity contribution is -0.137. The average Bonchev–Trinajstić information content (AvgIpc) is 2.81. The number of para-hydroxylation sites is 1. The Morgan fingerprint density at radius 2 is 1.87 bits per heavy atom. The molecule has 3 rings (SSSR count). The summed E-state index contributed by atoms with van der Waals surface area (Å²) in [7, 11) is 0. The molecule has 0 saturated carbocycles. The molecule has 0 amide bonds. The molecule has 0 bridgehead atoms. The van der Waals surface area contributed by atoms with Crippen LogP contribution in [0.5, 0.6) is 5.88 Å². The molecular weight excluding hydrogens is 329 g/mol. The van der Waals surface area contributed by atoms with Crippen LogP contribution in [0.4, 0.5) is 18.9 Å². The summed E-state index contributed by atoms with van der Waals surface area (Å²) in [6, 6.07) is 10.5. The molecule has 118 valence electrons. The number of aromatic hydroxyl groups is 1. The number of aromatic nitrogens is 1. The first kappa shape index (κ1) is 15.4. The van der Waals surface area contributed by atoms with Gasteiger partial charge in [0.15, 0.2) is 5.88 Å². The predicted octanol–water partition coefficient (Wildman–Crippen LogP) is 5.30. The molecule has 2 N–H and O–H groups in total. The average molecular weight is 339 g/mol. The van der Waals surface area contributed by atoms with Gasteiger partial charge in [0.25, 0.3) is 0 Å². The van der Waals surface area contributed by atoms with E-state index in [0.717, 1.165) is 17.5 Å². The molecule has 0 spiro atoms. The quantitative estimate of drug-likeness (QED) is 0.612. The van der Waals surface area contributed by atoms with Crippen molar-refractivity contribution in [1.29, 1.82) is 0 Å². The van der Waals surface area contributed by atoms with E-state index in [0.29, 0.717) is 11.1 Å². The van der Waals surface area contributed by atoms with Crippen LogP contribution in [0.1, 0.15) is 11.1 Å². The van der Waals surface area contributed by atoms with Gasteiger partial charge in [0.2, 0.25) is 0 Å². The van der Waals surface area contributed by atoms with Gasteiger partial charge in [-0.25, -0.2) is 0 Å². The number of hydrogen-bond acceptors (Lipinski definition) is 2. The lowest BCUT2D eigenvalue weighted by Gasteiger charge is -2.09. The SMILES string of the molecule is Oc1[nH]c2ccccc2c1C=Nc1ccc(Cl)c(C(F)(F)F)c1. The Morgan fingerprint density at radius 1 is 1.13 bits per heavy atom. The Balaban J connectivity index is 2.01. The minimum atomic E-state index is -4.55. The van der Waals surface area contributed by atoms with Crippen molar-refractivity contribution in [2.45, 2.75) is 6.18 Å². The van der Waals surface area contributed by atoms with Crippen LogP contribution in [0.2, 0.25) is 5.02 Å². The van der Waals surface area contributed by atoms with Crippen LogP contribution in [0, 0.1) is 0 Å². The molecule has 3 nitrogen and oxygen atoms in total. The number of aromatic amines is 1. The smallest absolute Gasteiger partial charge is 0.417 e. The van der Waals surface area contributed by atoms with Crippen LogP contribution in [0.25, 0.3) is 10.9 Å². The Labute approximate surface area is 134 Å². The fraction of sp³-hybridized carbons (Fsp3) is 0.0625. The second-order valence-corrected chi connectivity index (χ2v) is 5.26. The maximum atomic E-state index is 12.8. The number of hydrogen-bond donors (Lipinski definition) is 2. The first-order valence-corrected chi connectivity index (χ1v) is 6.94. The van der Waals surface area contributed by atoms with Gasteiger partial charge in [-0.3, -0.25) is 4.99 Å². The van der Waals surface area contributed by atoms with Crippen molar-refractivity contribution in [3.8, 4) is 5.88 Å². The molecule has 0 unspecified atom stereocenters. The second kappa shape index (κ2) is 5.62. The molecule has 0 aliphatic carbocycles. The van der Waals surface area contributed by atoms with Gasteiger partial charge >= 0.3 is 6.18 Å². The number of benzene rings is 2. The van der Waals surface area contributed by atoms with Crippen LogP contribution >= 0.6 is 11.6 Å². The third kappa shape index (κ3) is 3.03. The highest BCUT2D eigenvalue weighted by molar-refractivity contribution is 6.31. The lowest BCUT2D eigenvalue weighted by atomic mass is 10.1. The molecule has 0 aliphatic rings. The van der Waals surface area contributed by atoms with E-state index in [1.807, 2.05) is 0 Å². The molecule has 0 aliphatic heterocycles. The first-order valence-electron chi connectivity index (χ1n) is 6.57. The number of halogens is 4. The van der Waals surface area contributed by atoms with Crippen LogP contribution in [0.15, 0.2) is 47.5 Å². The number of nitrogens with one attached hydrogen (secondary N) is 1. The number of H-pyrrole nitrogens is 1. The van der Waals surface area contributed by atoms with Crippen molar-refractivity contribution >= 4 is 34.4 Å². The summed E-state index contributed by atoms with van der Waals surface area (Å²) in [6.45, 7) is 0. The number of alkyl halides is 3. The molecule has 0 saturated heterocycles. The molecule has 2 aromatic carbocycles.